The van der Waals surface area contributed by atoms with Crippen LogP contribution in [0.5, 0.6) is 0 Å². The molecule has 0 bridgehead atoms. The van der Waals surface area contributed by atoms with Gasteiger partial charge in [0.2, 0.25) is 5.76 Å². The van der Waals surface area contributed by atoms with E-state index in [-0.39, 0.29) is 17.5 Å². The third kappa shape index (κ3) is 4.10. The summed E-state index contributed by atoms with van der Waals surface area (Å²) >= 11 is 0. The van der Waals surface area contributed by atoms with Gasteiger partial charge in [0, 0.05) is 17.7 Å². The standard InChI is InChI=1S/C18H19NO5/c1-4-19-17(21)12(3)23-18(22)16-10-9-15(24-16)14-7-5-13(6-8-14)11(2)20/h5-10,12H,4H2,1-3H3,(H,19,21)/t12-/m0/s1. The first-order chi connectivity index (χ1) is 11.4. The van der Waals surface area contributed by atoms with Crippen molar-refractivity contribution in [2.45, 2.75) is 26.9 Å². The first-order valence-electron chi connectivity index (χ1n) is 7.62. The molecule has 1 N–H and O–H groups in total. The number of Topliss-reactive ketones (excluding diaryl/α,β-unsaturated/α-hetero) is 1. The highest BCUT2D eigenvalue weighted by Gasteiger charge is 2.21. The van der Waals surface area contributed by atoms with E-state index in [2.05, 4.69) is 5.32 Å². The molecule has 0 unspecified atom stereocenters. The van der Waals surface area contributed by atoms with Crippen LogP contribution in [0.1, 0.15) is 41.7 Å². The molecule has 1 atom stereocenters. The van der Waals surface area contributed by atoms with E-state index in [0.29, 0.717) is 17.9 Å². The lowest BCUT2D eigenvalue weighted by Gasteiger charge is -2.11. The highest BCUT2D eigenvalue weighted by atomic mass is 16.6. The number of nitrogens with one attached hydrogen (secondary N) is 1. The van der Waals surface area contributed by atoms with Crippen LogP contribution in [-0.2, 0) is 9.53 Å². The van der Waals surface area contributed by atoms with Gasteiger partial charge in [-0.2, -0.15) is 0 Å². The van der Waals surface area contributed by atoms with E-state index in [4.69, 9.17) is 9.15 Å². The van der Waals surface area contributed by atoms with E-state index >= 15 is 0 Å². The van der Waals surface area contributed by atoms with E-state index in [1.165, 1.54) is 19.9 Å². The summed E-state index contributed by atoms with van der Waals surface area (Å²) in [5, 5.41) is 2.57. The van der Waals surface area contributed by atoms with Crippen molar-refractivity contribution in [3.05, 3.63) is 47.7 Å². The fraction of sp³-hybridized carbons (Fsp3) is 0.278. The topological polar surface area (TPSA) is 85.6 Å². The van der Waals surface area contributed by atoms with Crippen LogP contribution in [0.2, 0.25) is 0 Å². The number of ketones is 1. The number of furan rings is 1. The van der Waals surface area contributed by atoms with Gasteiger partial charge in [-0.05, 0) is 32.9 Å². The van der Waals surface area contributed by atoms with Crippen LogP contribution >= 0.6 is 0 Å². The smallest absolute Gasteiger partial charge is 0.375 e. The molecular weight excluding hydrogens is 310 g/mol. The molecule has 0 aliphatic heterocycles. The van der Waals surface area contributed by atoms with Crippen LogP contribution in [-0.4, -0.2) is 30.3 Å². The number of amides is 1. The Hall–Kier alpha value is -2.89. The molecule has 2 aromatic rings. The third-order valence-electron chi connectivity index (χ3n) is 3.39. The number of rotatable bonds is 6. The average Bonchev–Trinajstić information content (AvgIpc) is 3.05. The average molecular weight is 329 g/mol. The summed E-state index contributed by atoms with van der Waals surface area (Å²) in [6.45, 7) is 5.23. The van der Waals surface area contributed by atoms with Crippen molar-refractivity contribution >= 4 is 17.7 Å². The zero-order valence-corrected chi connectivity index (χ0v) is 13.8. The molecule has 1 aromatic heterocycles. The number of esters is 1. The summed E-state index contributed by atoms with van der Waals surface area (Å²) in [4.78, 5) is 34.9. The number of benzene rings is 1. The number of hydrogen-bond acceptors (Lipinski definition) is 5. The molecule has 0 aliphatic carbocycles. The molecule has 24 heavy (non-hydrogen) atoms. The summed E-state index contributed by atoms with van der Waals surface area (Å²) < 4.78 is 10.5. The lowest BCUT2D eigenvalue weighted by molar-refractivity contribution is -0.129. The SMILES string of the molecule is CCNC(=O)[C@H](C)OC(=O)c1ccc(-c2ccc(C(C)=O)cc2)o1. The van der Waals surface area contributed by atoms with E-state index < -0.39 is 12.1 Å². The second kappa shape index (κ2) is 7.59. The maximum absolute atomic E-state index is 12.0. The van der Waals surface area contributed by atoms with Gasteiger partial charge in [-0.1, -0.05) is 24.3 Å². The van der Waals surface area contributed by atoms with Crippen LogP contribution in [0.3, 0.4) is 0 Å². The van der Waals surface area contributed by atoms with Crippen molar-refractivity contribution in [3.63, 3.8) is 0 Å². The molecule has 0 saturated carbocycles. The number of ether oxygens (including phenoxy) is 1. The monoisotopic (exact) mass is 329 g/mol. The van der Waals surface area contributed by atoms with Crippen molar-refractivity contribution in [2.75, 3.05) is 6.54 Å². The Bertz CT molecular complexity index is 745. The van der Waals surface area contributed by atoms with Crippen molar-refractivity contribution in [3.8, 4) is 11.3 Å². The fourth-order valence-corrected chi connectivity index (χ4v) is 2.06. The third-order valence-corrected chi connectivity index (χ3v) is 3.39. The summed E-state index contributed by atoms with van der Waals surface area (Å²) in [5.74, 6) is -0.609. The van der Waals surface area contributed by atoms with Crippen molar-refractivity contribution in [1.82, 2.24) is 5.32 Å². The normalized spacial score (nSPS) is 11.6. The summed E-state index contributed by atoms with van der Waals surface area (Å²) in [5.41, 5.74) is 1.33. The number of hydrogen-bond donors (Lipinski definition) is 1. The molecule has 0 fully saturated rings. The van der Waals surface area contributed by atoms with Crippen LogP contribution in [0, 0.1) is 0 Å². The molecule has 126 valence electrons. The van der Waals surface area contributed by atoms with E-state index in [1.54, 1.807) is 37.3 Å². The molecule has 0 spiro atoms. The maximum Gasteiger partial charge on any atom is 0.375 e. The maximum atomic E-state index is 12.0. The van der Waals surface area contributed by atoms with Gasteiger partial charge in [-0.25, -0.2) is 4.79 Å². The predicted octanol–water partition coefficient (Wildman–Crippen LogP) is 2.83. The molecule has 6 heteroatoms. The quantitative estimate of drug-likeness (QED) is 0.650. The molecule has 6 nitrogen and oxygen atoms in total. The molecule has 0 radical (unpaired) electrons. The number of carbonyl (C=O) groups excluding carboxylic acids is 3. The van der Waals surface area contributed by atoms with Gasteiger partial charge >= 0.3 is 5.97 Å². The van der Waals surface area contributed by atoms with Gasteiger partial charge in [0.15, 0.2) is 11.9 Å². The minimum absolute atomic E-state index is 0.0109. The summed E-state index contributed by atoms with van der Waals surface area (Å²) in [6, 6.07) is 9.98. The zero-order valence-electron chi connectivity index (χ0n) is 13.8. The minimum atomic E-state index is -0.902. The first-order valence-corrected chi connectivity index (χ1v) is 7.62. The van der Waals surface area contributed by atoms with Gasteiger partial charge in [0.1, 0.15) is 5.76 Å². The van der Waals surface area contributed by atoms with Crippen molar-refractivity contribution in [1.29, 1.82) is 0 Å². The Kier molecular flexibility index (Phi) is 5.52. The Morgan fingerprint density at radius 3 is 2.38 bits per heavy atom. The van der Waals surface area contributed by atoms with E-state index in [0.717, 1.165) is 5.56 Å². The van der Waals surface area contributed by atoms with Gasteiger partial charge in [0.05, 0.1) is 0 Å². The second-order valence-electron chi connectivity index (χ2n) is 5.24. The molecule has 1 aromatic carbocycles. The van der Waals surface area contributed by atoms with Crippen LogP contribution < -0.4 is 5.32 Å². The lowest BCUT2D eigenvalue weighted by atomic mass is 10.1. The predicted molar refractivity (Wildman–Crippen MR) is 87.7 cm³/mol. The fourth-order valence-electron chi connectivity index (χ4n) is 2.06. The Labute approximate surface area is 139 Å². The van der Waals surface area contributed by atoms with Gasteiger partial charge in [-0.3, -0.25) is 9.59 Å². The van der Waals surface area contributed by atoms with Gasteiger partial charge in [0.25, 0.3) is 5.91 Å². The van der Waals surface area contributed by atoms with E-state index in [1.807, 2.05) is 0 Å². The minimum Gasteiger partial charge on any atom is -0.449 e. The molecule has 2 rings (SSSR count). The number of carbonyl (C=O) groups is 3. The largest absolute Gasteiger partial charge is 0.449 e. The Balaban J connectivity index is 2.08. The number of likely N-dealkylation sites (N-methyl/N-ethyl adjacent to an activating group) is 1. The van der Waals surface area contributed by atoms with Gasteiger partial charge in [-0.15, -0.1) is 0 Å². The lowest BCUT2D eigenvalue weighted by Crippen LogP contribution is -2.35. The highest BCUT2D eigenvalue weighted by molar-refractivity contribution is 5.94. The van der Waals surface area contributed by atoms with Crippen LogP contribution in [0.4, 0.5) is 0 Å². The molecule has 1 heterocycles. The van der Waals surface area contributed by atoms with Gasteiger partial charge < -0.3 is 14.5 Å². The van der Waals surface area contributed by atoms with Crippen LogP contribution in [0.15, 0.2) is 40.8 Å². The highest BCUT2D eigenvalue weighted by Crippen LogP contribution is 2.23. The van der Waals surface area contributed by atoms with Crippen LogP contribution in [0.25, 0.3) is 11.3 Å². The molecule has 1 amide bonds. The molecular formula is C18H19NO5. The van der Waals surface area contributed by atoms with E-state index in [9.17, 15) is 14.4 Å². The molecule has 0 aliphatic rings. The van der Waals surface area contributed by atoms with Crippen molar-refractivity contribution in [2.24, 2.45) is 0 Å². The van der Waals surface area contributed by atoms with Crippen molar-refractivity contribution < 1.29 is 23.5 Å². The molecule has 0 saturated heterocycles. The Morgan fingerprint density at radius 2 is 1.79 bits per heavy atom. The first kappa shape index (κ1) is 17.5. The Morgan fingerprint density at radius 1 is 1.12 bits per heavy atom. The summed E-state index contributed by atoms with van der Waals surface area (Å²) in [7, 11) is 0. The zero-order chi connectivity index (χ0) is 17.7. The summed E-state index contributed by atoms with van der Waals surface area (Å²) in [6.07, 6.45) is -0.902. The second-order valence-corrected chi connectivity index (χ2v) is 5.24.